The molecular weight excluding hydrogens is 368 g/mol. The second-order valence-corrected chi connectivity index (χ2v) is 7.34. The van der Waals surface area contributed by atoms with Crippen LogP contribution in [0.3, 0.4) is 0 Å². The number of amides is 2. The van der Waals surface area contributed by atoms with E-state index in [0.29, 0.717) is 12.3 Å². The molecule has 0 bridgehead atoms. The summed E-state index contributed by atoms with van der Waals surface area (Å²) >= 11 is 2.97. The fourth-order valence-corrected chi connectivity index (χ4v) is 4.10. The maximum atomic E-state index is 12.3. The topological polar surface area (TPSA) is 70.6 Å². The minimum absolute atomic E-state index is 0.0765. The summed E-state index contributed by atoms with van der Waals surface area (Å²) in [6.45, 7) is 2.59. The summed E-state index contributed by atoms with van der Waals surface area (Å²) < 4.78 is 5.38. The predicted molar refractivity (Wildman–Crippen MR) is 106 cm³/mol. The van der Waals surface area contributed by atoms with E-state index >= 15 is 0 Å². The van der Waals surface area contributed by atoms with E-state index in [4.69, 9.17) is 4.74 Å². The number of ether oxygens (including phenoxy) is 1. The smallest absolute Gasteiger partial charge is 0.319 e. The van der Waals surface area contributed by atoms with Crippen LogP contribution in [0.1, 0.15) is 17.4 Å². The summed E-state index contributed by atoms with van der Waals surface area (Å²) in [5.74, 6) is 0.753. The van der Waals surface area contributed by atoms with E-state index in [2.05, 4.69) is 10.6 Å². The molecule has 2 heterocycles. The molecule has 0 spiro atoms. The molecule has 7 heteroatoms. The lowest BCUT2D eigenvalue weighted by Gasteiger charge is -2.27. The van der Waals surface area contributed by atoms with Gasteiger partial charge in [0.05, 0.1) is 13.2 Å². The van der Waals surface area contributed by atoms with Gasteiger partial charge in [-0.25, -0.2) is 4.79 Å². The van der Waals surface area contributed by atoms with Crippen molar-refractivity contribution in [2.45, 2.75) is 12.5 Å². The first-order valence-electron chi connectivity index (χ1n) is 8.18. The maximum absolute atomic E-state index is 12.3. The molecule has 0 aliphatic heterocycles. The van der Waals surface area contributed by atoms with Gasteiger partial charge in [-0.1, -0.05) is 6.07 Å². The van der Waals surface area contributed by atoms with Gasteiger partial charge >= 0.3 is 6.03 Å². The van der Waals surface area contributed by atoms with Gasteiger partial charge in [0.25, 0.3) is 0 Å². The third-order valence-electron chi connectivity index (χ3n) is 3.86. The number of anilines is 1. The zero-order chi connectivity index (χ0) is 18.4. The molecular formula is C19H20N2O3S2. The Balaban J connectivity index is 1.65. The van der Waals surface area contributed by atoms with Crippen LogP contribution in [-0.2, 0) is 5.60 Å². The van der Waals surface area contributed by atoms with Crippen molar-refractivity contribution in [2.75, 3.05) is 18.5 Å². The average molecular weight is 389 g/mol. The molecule has 3 aromatic rings. The molecule has 2 amide bonds. The largest absolute Gasteiger partial charge is 0.494 e. The standard InChI is InChI=1S/C19H20N2O3S2/c1-2-24-16-7-5-15(6-8-16)21-18(22)20-13-19(23,14-9-11-25-12-14)17-4-3-10-26-17/h3-12,23H,2,13H2,1H3,(H2,20,21,22). The van der Waals surface area contributed by atoms with Gasteiger partial charge in [-0.3, -0.25) is 0 Å². The van der Waals surface area contributed by atoms with Gasteiger partial charge in [0.15, 0.2) is 0 Å². The number of nitrogens with one attached hydrogen (secondary N) is 2. The predicted octanol–water partition coefficient (Wildman–Crippen LogP) is 4.27. The molecule has 0 saturated heterocycles. The summed E-state index contributed by atoms with van der Waals surface area (Å²) in [5, 5.41) is 22.4. The number of benzene rings is 1. The van der Waals surface area contributed by atoms with Crippen LogP contribution in [0.15, 0.2) is 58.6 Å². The molecule has 3 rings (SSSR count). The number of thiophene rings is 2. The zero-order valence-electron chi connectivity index (χ0n) is 14.3. The fraction of sp³-hybridized carbons (Fsp3) is 0.211. The number of hydrogen-bond donors (Lipinski definition) is 3. The van der Waals surface area contributed by atoms with Crippen LogP contribution in [-0.4, -0.2) is 24.3 Å². The molecule has 26 heavy (non-hydrogen) atoms. The van der Waals surface area contributed by atoms with Crippen molar-refractivity contribution >= 4 is 34.4 Å². The fourth-order valence-electron chi connectivity index (χ4n) is 2.53. The van der Waals surface area contributed by atoms with Gasteiger partial charge in [0.1, 0.15) is 11.4 Å². The van der Waals surface area contributed by atoms with Crippen molar-refractivity contribution in [1.82, 2.24) is 5.32 Å². The van der Waals surface area contributed by atoms with Crippen molar-refractivity contribution in [3.63, 3.8) is 0 Å². The Labute approximate surface area is 160 Å². The Kier molecular flexibility index (Phi) is 5.92. The third-order valence-corrected chi connectivity index (χ3v) is 5.56. The number of urea groups is 1. The first-order chi connectivity index (χ1) is 12.6. The summed E-state index contributed by atoms with van der Waals surface area (Å²) in [7, 11) is 0. The van der Waals surface area contributed by atoms with E-state index in [1.165, 1.54) is 22.7 Å². The van der Waals surface area contributed by atoms with Crippen LogP contribution >= 0.6 is 22.7 Å². The third kappa shape index (κ3) is 4.24. The lowest BCUT2D eigenvalue weighted by molar-refractivity contribution is 0.0871. The quantitative estimate of drug-likeness (QED) is 0.566. The number of carbonyl (C=O) groups is 1. The Morgan fingerprint density at radius 3 is 2.62 bits per heavy atom. The number of aliphatic hydroxyl groups is 1. The highest BCUT2D eigenvalue weighted by molar-refractivity contribution is 7.10. The Hall–Kier alpha value is -2.35. The Morgan fingerprint density at radius 2 is 2.00 bits per heavy atom. The average Bonchev–Trinajstić information content (AvgIpc) is 3.36. The molecule has 0 saturated carbocycles. The minimum atomic E-state index is -1.25. The SMILES string of the molecule is CCOc1ccc(NC(=O)NCC(O)(c2ccsc2)c2cccs2)cc1. The van der Waals surface area contributed by atoms with E-state index in [1.54, 1.807) is 24.3 Å². The minimum Gasteiger partial charge on any atom is -0.494 e. The highest BCUT2D eigenvalue weighted by atomic mass is 32.1. The number of carbonyl (C=O) groups excluding carboxylic acids is 1. The highest BCUT2D eigenvalue weighted by Crippen LogP contribution is 2.33. The molecule has 1 atom stereocenters. The van der Waals surface area contributed by atoms with Gasteiger partial charge in [-0.15, -0.1) is 11.3 Å². The zero-order valence-corrected chi connectivity index (χ0v) is 15.9. The van der Waals surface area contributed by atoms with E-state index < -0.39 is 5.60 Å². The van der Waals surface area contributed by atoms with Gasteiger partial charge in [-0.05, 0) is 59.5 Å². The lowest BCUT2D eigenvalue weighted by atomic mass is 9.94. The lowest BCUT2D eigenvalue weighted by Crippen LogP contribution is -2.42. The van der Waals surface area contributed by atoms with Gasteiger partial charge < -0.3 is 20.5 Å². The van der Waals surface area contributed by atoms with Crippen LogP contribution in [0.4, 0.5) is 10.5 Å². The van der Waals surface area contributed by atoms with Crippen LogP contribution < -0.4 is 15.4 Å². The van der Waals surface area contributed by atoms with E-state index in [-0.39, 0.29) is 12.6 Å². The van der Waals surface area contributed by atoms with E-state index in [0.717, 1.165) is 16.2 Å². The maximum Gasteiger partial charge on any atom is 0.319 e. The number of hydrogen-bond acceptors (Lipinski definition) is 5. The second kappa shape index (κ2) is 8.35. The summed E-state index contributed by atoms with van der Waals surface area (Å²) in [4.78, 5) is 13.0. The second-order valence-electron chi connectivity index (χ2n) is 5.61. The molecule has 0 fully saturated rings. The van der Waals surface area contributed by atoms with E-state index in [9.17, 15) is 9.90 Å². The van der Waals surface area contributed by atoms with E-state index in [1.807, 2.05) is 41.3 Å². The first kappa shape index (κ1) is 18.4. The molecule has 2 aromatic heterocycles. The molecule has 0 radical (unpaired) electrons. The van der Waals surface area contributed by atoms with Crippen LogP contribution in [0.25, 0.3) is 0 Å². The molecule has 3 N–H and O–H groups in total. The Bertz CT molecular complexity index is 781. The highest BCUT2D eigenvalue weighted by Gasteiger charge is 2.33. The molecule has 136 valence electrons. The van der Waals surface area contributed by atoms with Crippen molar-refractivity contribution in [3.05, 3.63) is 69.0 Å². The monoisotopic (exact) mass is 388 g/mol. The summed E-state index contributed by atoms with van der Waals surface area (Å²) in [5.41, 5.74) is 0.178. The van der Waals surface area contributed by atoms with Crippen molar-refractivity contribution in [1.29, 1.82) is 0 Å². The van der Waals surface area contributed by atoms with Crippen LogP contribution in [0, 0.1) is 0 Å². The molecule has 5 nitrogen and oxygen atoms in total. The summed E-state index contributed by atoms with van der Waals surface area (Å²) in [6, 6.07) is 12.4. The van der Waals surface area contributed by atoms with Gasteiger partial charge in [0.2, 0.25) is 0 Å². The van der Waals surface area contributed by atoms with Crippen LogP contribution in [0.5, 0.6) is 5.75 Å². The number of rotatable bonds is 7. The molecule has 1 aromatic carbocycles. The molecule has 0 aliphatic carbocycles. The van der Waals surface area contributed by atoms with Crippen molar-refractivity contribution < 1.29 is 14.6 Å². The Morgan fingerprint density at radius 1 is 1.19 bits per heavy atom. The van der Waals surface area contributed by atoms with Crippen LogP contribution in [0.2, 0.25) is 0 Å². The normalized spacial score (nSPS) is 13.0. The van der Waals surface area contributed by atoms with Gasteiger partial charge in [0, 0.05) is 16.1 Å². The summed E-state index contributed by atoms with van der Waals surface area (Å²) in [6.07, 6.45) is 0. The van der Waals surface area contributed by atoms with Gasteiger partial charge in [-0.2, -0.15) is 11.3 Å². The molecule has 1 unspecified atom stereocenters. The molecule has 0 aliphatic rings. The first-order valence-corrected chi connectivity index (χ1v) is 10.0. The van der Waals surface area contributed by atoms with Crippen molar-refractivity contribution in [2.24, 2.45) is 0 Å². The van der Waals surface area contributed by atoms with Crippen molar-refractivity contribution in [3.8, 4) is 5.75 Å².